The lowest BCUT2D eigenvalue weighted by Crippen LogP contribution is -2.29. The summed E-state index contributed by atoms with van der Waals surface area (Å²) in [6.07, 6.45) is -0.511. The number of carbonyl (C=O) groups is 2. The Hall–Kier alpha value is -1.30. The van der Waals surface area contributed by atoms with Gasteiger partial charge in [-0.25, -0.2) is 9.59 Å². The van der Waals surface area contributed by atoms with Gasteiger partial charge in [-0.1, -0.05) is 13.8 Å². The van der Waals surface area contributed by atoms with Gasteiger partial charge in [-0.05, 0) is 5.92 Å². The largest absolute Gasteiger partial charge is 0.480 e. The number of carbonyl (C=O) groups excluding carboxylic acids is 1. The van der Waals surface area contributed by atoms with Crippen LogP contribution in [0.1, 0.15) is 13.8 Å². The van der Waals surface area contributed by atoms with Gasteiger partial charge in [0.15, 0.2) is 0 Å². The zero-order valence-electron chi connectivity index (χ0n) is 8.99. The summed E-state index contributed by atoms with van der Waals surface area (Å²) in [6, 6.07) is 0. The van der Waals surface area contributed by atoms with Crippen LogP contribution in [0, 0.1) is 5.92 Å². The van der Waals surface area contributed by atoms with Crippen molar-refractivity contribution in [2.75, 3.05) is 26.4 Å². The fourth-order valence-corrected chi connectivity index (χ4v) is 0.678. The van der Waals surface area contributed by atoms with E-state index in [1.807, 2.05) is 13.8 Å². The molecule has 6 nitrogen and oxygen atoms in total. The molecular formula is C9H17NO5. The van der Waals surface area contributed by atoms with Crippen molar-refractivity contribution in [3.63, 3.8) is 0 Å². The second-order valence-corrected chi connectivity index (χ2v) is 3.37. The number of amides is 1. The molecule has 15 heavy (non-hydrogen) atoms. The maximum Gasteiger partial charge on any atom is 0.407 e. The van der Waals surface area contributed by atoms with Gasteiger partial charge in [0.05, 0.1) is 13.2 Å². The number of hydrogen-bond donors (Lipinski definition) is 2. The van der Waals surface area contributed by atoms with Crippen LogP contribution in [0.5, 0.6) is 0 Å². The summed E-state index contributed by atoms with van der Waals surface area (Å²) in [5, 5.41) is 10.7. The van der Waals surface area contributed by atoms with Gasteiger partial charge in [-0.2, -0.15) is 0 Å². The van der Waals surface area contributed by atoms with Gasteiger partial charge >= 0.3 is 12.1 Å². The third-order valence-corrected chi connectivity index (χ3v) is 1.29. The average molecular weight is 219 g/mol. The molecule has 0 aromatic carbocycles. The molecule has 88 valence electrons. The van der Waals surface area contributed by atoms with Gasteiger partial charge in [0, 0.05) is 6.54 Å². The van der Waals surface area contributed by atoms with Crippen molar-refractivity contribution in [1.82, 2.24) is 5.32 Å². The topological polar surface area (TPSA) is 84.9 Å². The molecule has 0 aliphatic heterocycles. The number of rotatable bonds is 7. The predicted octanol–water partition coefficient (Wildman–Crippen LogP) is 0.470. The van der Waals surface area contributed by atoms with Gasteiger partial charge in [0.2, 0.25) is 0 Å². The Morgan fingerprint density at radius 1 is 1.40 bits per heavy atom. The minimum Gasteiger partial charge on any atom is -0.480 e. The summed E-state index contributed by atoms with van der Waals surface area (Å²) in [6.45, 7) is 4.27. The zero-order valence-corrected chi connectivity index (χ0v) is 8.99. The summed E-state index contributed by atoms with van der Waals surface area (Å²) in [7, 11) is 0. The van der Waals surface area contributed by atoms with E-state index in [1.54, 1.807) is 0 Å². The quantitative estimate of drug-likeness (QED) is 0.608. The minimum atomic E-state index is -1.03. The number of carboxylic acid groups (broad SMARTS) is 1. The van der Waals surface area contributed by atoms with Crippen LogP contribution in [0.2, 0.25) is 0 Å². The highest BCUT2D eigenvalue weighted by molar-refractivity contribution is 5.68. The first kappa shape index (κ1) is 13.7. The van der Waals surface area contributed by atoms with Crippen molar-refractivity contribution >= 4 is 12.1 Å². The van der Waals surface area contributed by atoms with Crippen LogP contribution in [0.15, 0.2) is 0 Å². The monoisotopic (exact) mass is 219 g/mol. The molecule has 0 heterocycles. The second kappa shape index (κ2) is 8.05. The molecule has 2 N–H and O–H groups in total. The smallest absolute Gasteiger partial charge is 0.407 e. The Labute approximate surface area is 88.6 Å². The van der Waals surface area contributed by atoms with Gasteiger partial charge in [0.25, 0.3) is 0 Å². The van der Waals surface area contributed by atoms with Gasteiger partial charge in [-0.3, -0.25) is 0 Å². The molecule has 0 atom stereocenters. The van der Waals surface area contributed by atoms with E-state index in [4.69, 9.17) is 14.6 Å². The zero-order chi connectivity index (χ0) is 11.7. The minimum absolute atomic E-state index is 0.156. The maximum atomic E-state index is 10.9. The summed E-state index contributed by atoms with van der Waals surface area (Å²) < 4.78 is 9.51. The Kier molecular flexibility index (Phi) is 7.35. The molecule has 0 aliphatic carbocycles. The van der Waals surface area contributed by atoms with E-state index in [0.29, 0.717) is 12.5 Å². The molecule has 0 fully saturated rings. The van der Waals surface area contributed by atoms with Crippen molar-refractivity contribution < 1.29 is 24.2 Å². The number of nitrogens with one attached hydrogen (secondary N) is 1. The molecule has 0 aromatic heterocycles. The van der Waals surface area contributed by atoms with Gasteiger partial charge < -0.3 is 19.9 Å². The van der Waals surface area contributed by atoms with Crippen LogP contribution in [0.25, 0.3) is 0 Å². The van der Waals surface area contributed by atoms with E-state index in [2.05, 4.69) is 5.32 Å². The molecule has 0 rings (SSSR count). The molecule has 6 heteroatoms. The van der Waals surface area contributed by atoms with E-state index >= 15 is 0 Å². The summed E-state index contributed by atoms with van der Waals surface area (Å²) in [5.41, 5.74) is 0. The molecule has 0 saturated heterocycles. The Balaban J connectivity index is 3.28. The Morgan fingerprint density at radius 2 is 2.07 bits per heavy atom. The number of ether oxygens (including phenoxy) is 2. The standard InChI is InChI=1S/C9H17NO5/c1-7(2)5-15-9(13)10-3-4-14-6-8(11)12/h7H,3-6H2,1-2H3,(H,10,13)(H,11,12). The highest BCUT2D eigenvalue weighted by Gasteiger charge is 2.02. The molecule has 0 saturated carbocycles. The van der Waals surface area contributed by atoms with Gasteiger partial charge in [0.1, 0.15) is 6.61 Å². The SMILES string of the molecule is CC(C)COC(=O)NCCOCC(=O)O. The van der Waals surface area contributed by atoms with E-state index in [1.165, 1.54) is 0 Å². The van der Waals surface area contributed by atoms with Crippen molar-refractivity contribution in [2.45, 2.75) is 13.8 Å². The van der Waals surface area contributed by atoms with Crippen molar-refractivity contribution in [1.29, 1.82) is 0 Å². The molecule has 0 radical (unpaired) electrons. The van der Waals surface area contributed by atoms with Crippen LogP contribution in [0.4, 0.5) is 4.79 Å². The summed E-state index contributed by atoms with van der Waals surface area (Å²) >= 11 is 0. The van der Waals surface area contributed by atoms with Crippen molar-refractivity contribution in [3.05, 3.63) is 0 Å². The van der Waals surface area contributed by atoms with Crippen molar-refractivity contribution in [3.8, 4) is 0 Å². The predicted molar refractivity (Wildman–Crippen MR) is 52.6 cm³/mol. The second-order valence-electron chi connectivity index (χ2n) is 3.37. The lowest BCUT2D eigenvalue weighted by molar-refractivity contribution is -0.142. The molecule has 0 aliphatic rings. The third kappa shape index (κ3) is 10.6. The van der Waals surface area contributed by atoms with E-state index < -0.39 is 12.1 Å². The number of aliphatic carboxylic acids is 1. The molecular weight excluding hydrogens is 202 g/mol. The normalized spacial score (nSPS) is 10.1. The Morgan fingerprint density at radius 3 is 2.60 bits per heavy atom. The lowest BCUT2D eigenvalue weighted by Gasteiger charge is -2.08. The molecule has 0 aromatic rings. The fourth-order valence-electron chi connectivity index (χ4n) is 0.678. The number of hydrogen-bond acceptors (Lipinski definition) is 4. The highest BCUT2D eigenvalue weighted by Crippen LogP contribution is 1.92. The fraction of sp³-hybridized carbons (Fsp3) is 0.778. The van der Waals surface area contributed by atoms with Crippen LogP contribution >= 0.6 is 0 Å². The van der Waals surface area contributed by atoms with Crippen LogP contribution in [-0.2, 0) is 14.3 Å². The summed E-state index contributed by atoms with van der Waals surface area (Å²) in [5.74, 6) is -0.739. The average Bonchev–Trinajstić information content (AvgIpc) is 2.13. The highest BCUT2D eigenvalue weighted by atomic mass is 16.5. The van der Waals surface area contributed by atoms with E-state index in [9.17, 15) is 9.59 Å². The van der Waals surface area contributed by atoms with Crippen LogP contribution in [-0.4, -0.2) is 43.5 Å². The molecule has 0 unspecified atom stereocenters. The number of carboxylic acids is 1. The first-order valence-electron chi connectivity index (χ1n) is 4.72. The molecule has 0 spiro atoms. The number of alkyl carbamates (subject to hydrolysis) is 1. The van der Waals surface area contributed by atoms with Crippen LogP contribution in [0.3, 0.4) is 0 Å². The lowest BCUT2D eigenvalue weighted by atomic mass is 10.2. The third-order valence-electron chi connectivity index (χ3n) is 1.29. The Bertz CT molecular complexity index is 205. The summed E-state index contributed by atoms with van der Waals surface area (Å²) in [4.78, 5) is 21.0. The van der Waals surface area contributed by atoms with Gasteiger partial charge in [-0.15, -0.1) is 0 Å². The first-order valence-corrected chi connectivity index (χ1v) is 4.72. The van der Waals surface area contributed by atoms with E-state index in [-0.39, 0.29) is 19.8 Å². The first-order chi connectivity index (χ1) is 7.02. The molecule has 0 bridgehead atoms. The van der Waals surface area contributed by atoms with Crippen LogP contribution < -0.4 is 5.32 Å². The molecule has 1 amide bonds. The van der Waals surface area contributed by atoms with E-state index in [0.717, 1.165) is 0 Å². The maximum absolute atomic E-state index is 10.9. The van der Waals surface area contributed by atoms with Crippen molar-refractivity contribution in [2.24, 2.45) is 5.92 Å².